The fourth-order valence-corrected chi connectivity index (χ4v) is 0.525. The van der Waals surface area contributed by atoms with E-state index in [9.17, 15) is 0 Å². The van der Waals surface area contributed by atoms with Crippen molar-refractivity contribution in [3.05, 3.63) is 24.0 Å². The van der Waals surface area contributed by atoms with E-state index in [0.29, 0.717) is 0 Å². The van der Waals surface area contributed by atoms with Crippen LogP contribution in [0.1, 0.15) is 12.5 Å². The van der Waals surface area contributed by atoms with Gasteiger partial charge in [-0.2, -0.15) is 17.8 Å². The standard InChI is InChI=1S/C6H8N.Ru/c1-2-6-3-4-7-5-6;/h3-4,7H,2H2,1H3;/q-1;+1. The van der Waals surface area contributed by atoms with E-state index in [2.05, 4.69) is 18.1 Å². The Bertz CT molecular complexity index is 123. The van der Waals surface area contributed by atoms with Crippen molar-refractivity contribution in [2.45, 2.75) is 13.3 Å². The van der Waals surface area contributed by atoms with E-state index in [4.69, 9.17) is 0 Å². The number of hydrogen-bond donors (Lipinski definition) is 1. The average Bonchev–Trinajstić information content (AvgIpc) is 2.14. The average molecular weight is 195 g/mol. The van der Waals surface area contributed by atoms with Crippen molar-refractivity contribution >= 4 is 0 Å². The predicted molar refractivity (Wildman–Crippen MR) is 29.0 cm³/mol. The van der Waals surface area contributed by atoms with Crippen LogP contribution in [0, 0.1) is 6.20 Å². The van der Waals surface area contributed by atoms with E-state index < -0.39 is 0 Å². The van der Waals surface area contributed by atoms with Gasteiger partial charge in [0.25, 0.3) is 0 Å². The molecule has 0 bridgehead atoms. The summed E-state index contributed by atoms with van der Waals surface area (Å²) in [5.74, 6) is 0. The molecule has 0 aliphatic carbocycles. The van der Waals surface area contributed by atoms with E-state index in [1.54, 1.807) is 0 Å². The Morgan fingerprint density at radius 3 is 2.75 bits per heavy atom. The third kappa shape index (κ3) is 1.79. The Morgan fingerprint density at radius 2 is 2.50 bits per heavy atom. The molecule has 8 heavy (non-hydrogen) atoms. The van der Waals surface area contributed by atoms with E-state index >= 15 is 0 Å². The number of rotatable bonds is 1. The van der Waals surface area contributed by atoms with Gasteiger partial charge in [-0.25, -0.2) is 0 Å². The maximum Gasteiger partial charge on any atom is 1.00 e. The molecule has 1 aromatic rings. The maximum atomic E-state index is 2.96. The van der Waals surface area contributed by atoms with Crippen LogP contribution in [0.3, 0.4) is 0 Å². The van der Waals surface area contributed by atoms with E-state index in [1.807, 2.05) is 12.3 Å². The van der Waals surface area contributed by atoms with Crippen molar-refractivity contribution in [1.82, 2.24) is 4.98 Å². The van der Waals surface area contributed by atoms with Gasteiger partial charge in [-0.05, 0) is 0 Å². The number of nitrogens with one attached hydrogen (secondary N) is 1. The third-order valence-corrected chi connectivity index (χ3v) is 0.981. The van der Waals surface area contributed by atoms with Crippen LogP contribution < -0.4 is 0 Å². The topological polar surface area (TPSA) is 15.8 Å². The van der Waals surface area contributed by atoms with E-state index in [1.165, 1.54) is 5.56 Å². The van der Waals surface area contributed by atoms with Crippen molar-refractivity contribution in [1.29, 1.82) is 0 Å². The second kappa shape index (κ2) is 3.85. The van der Waals surface area contributed by atoms with Crippen LogP contribution in [0.5, 0.6) is 0 Å². The zero-order chi connectivity index (χ0) is 5.11. The minimum atomic E-state index is 0. The second-order valence-corrected chi connectivity index (χ2v) is 1.48. The number of aromatic amines is 1. The zero-order valence-corrected chi connectivity index (χ0v) is 6.45. The first kappa shape index (κ1) is 7.90. The van der Waals surface area contributed by atoms with Crippen LogP contribution in [0.4, 0.5) is 0 Å². The smallest absolute Gasteiger partial charge is 0.484 e. The molecule has 0 spiro atoms. The fourth-order valence-electron chi connectivity index (χ4n) is 0.525. The molecule has 0 atom stereocenters. The molecule has 0 unspecified atom stereocenters. The van der Waals surface area contributed by atoms with Crippen LogP contribution in [-0.4, -0.2) is 4.98 Å². The summed E-state index contributed by atoms with van der Waals surface area (Å²) < 4.78 is 0. The van der Waals surface area contributed by atoms with Crippen molar-refractivity contribution in [2.24, 2.45) is 0 Å². The Hall–Kier alpha value is -0.0966. The van der Waals surface area contributed by atoms with Gasteiger partial charge in [0.05, 0.1) is 0 Å². The van der Waals surface area contributed by atoms with Gasteiger partial charge in [-0.15, -0.1) is 6.20 Å². The summed E-state index contributed by atoms with van der Waals surface area (Å²) in [7, 11) is 0. The third-order valence-electron chi connectivity index (χ3n) is 0.981. The quantitative estimate of drug-likeness (QED) is 0.514. The van der Waals surface area contributed by atoms with Gasteiger partial charge in [0, 0.05) is 0 Å². The van der Waals surface area contributed by atoms with Crippen LogP contribution >= 0.6 is 0 Å². The van der Waals surface area contributed by atoms with Gasteiger partial charge in [-0.1, -0.05) is 13.3 Å². The molecule has 1 rings (SSSR count). The molecule has 0 amide bonds. The molecule has 0 saturated carbocycles. The predicted octanol–water partition coefficient (Wildman–Crippen LogP) is 1.37. The molecular formula is C6H8NRu. The summed E-state index contributed by atoms with van der Waals surface area (Å²) >= 11 is 0. The van der Waals surface area contributed by atoms with Crippen molar-refractivity contribution in [3.8, 4) is 0 Å². The minimum absolute atomic E-state index is 0. The summed E-state index contributed by atoms with van der Waals surface area (Å²) in [6.45, 7) is 2.11. The summed E-state index contributed by atoms with van der Waals surface area (Å²) in [6.07, 6.45) is 5.92. The van der Waals surface area contributed by atoms with Crippen molar-refractivity contribution in [2.75, 3.05) is 0 Å². The SMILES string of the molecule is CCc1[c-][nH]cc1.[Ru+]. The molecule has 0 fully saturated rings. The first-order valence-corrected chi connectivity index (χ1v) is 2.47. The summed E-state index contributed by atoms with van der Waals surface area (Å²) in [4.78, 5) is 2.86. The van der Waals surface area contributed by atoms with Crippen molar-refractivity contribution in [3.63, 3.8) is 0 Å². The molecule has 0 aliphatic heterocycles. The Balaban J connectivity index is 0.000000490. The minimum Gasteiger partial charge on any atom is -0.484 e. The molecule has 0 saturated heterocycles. The molecule has 1 N–H and O–H groups in total. The molecule has 1 aromatic heterocycles. The molecule has 45 valence electrons. The van der Waals surface area contributed by atoms with Gasteiger partial charge in [0.2, 0.25) is 0 Å². The van der Waals surface area contributed by atoms with Gasteiger partial charge < -0.3 is 4.98 Å². The molecule has 0 aromatic carbocycles. The van der Waals surface area contributed by atoms with Crippen LogP contribution in [0.25, 0.3) is 0 Å². The van der Waals surface area contributed by atoms with Crippen LogP contribution in [-0.2, 0) is 25.9 Å². The number of aryl methyl sites for hydroxylation is 1. The van der Waals surface area contributed by atoms with Gasteiger partial charge >= 0.3 is 19.5 Å². The summed E-state index contributed by atoms with van der Waals surface area (Å²) in [5.41, 5.74) is 1.25. The molecule has 1 radical (unpaired) electrons. The van der Waals surface area contributed by atoms with Crippen LogP contribution in [0.2, 0.25) is 0 Å². The summed E-state index contributed by atoms with van der Waals surface area (Å²) in [6, 6.07) is 2.03. The van der Waals surface area contributed by atoms with Crippen LogP contribution in [0.15, 0.2) is 12.3 Å². The number of hydrogen-bond acceptors (Lipinski definition) is 0. The Kier molecular flexibility index (Phi) is 3.81. The molecular weight excluding hydrogens is 187 g/mol. The molecule has 0 aliphatic rings. The molecule has 2 heteroatoms. The van der Waals surface area contributed by atoms with E-state index in [0.717, 1.165) is 6.42 Å². The van der Waals surface area contributed by atoms with Gasteiger partial charge in [0.15, 0.2) is 0 Å². The Labute approximate surface area is 62.3 Å². The fraction of sp³-hybridized carbons (Fsp3) is 0.333. The molecule has 1 nitrogen and oxygen atoms in total. The van der Waals surface area contributed by atoms with Crippen molar-refractivity contribution < 1.29 is 19.5 Å². The summed E-state index contributed by atoms with van der Waals surface area (Å²) in [5, 5.41) is 0. The maximum absolute atomic E-state index is 2.96. The largest absolute Gasteiger partial charge is 1.00 e. The Morgan fingerprint density at radius 1 is 1.75 bits per heavy atom. The van der Waals surface area contributed by atoms with Gasteiger partial charge in [0.1, 0.15) is 0 Å². The zero-order valence-electron chi connectivity index (χ0n) is 4.72. The first-order chi connectivity index (χ1) is 3.43. The monoisotopic (exact) mass is 196 g/mol. The van der Waals surface area contributed by atoms with E-state index in [-0.39, 0.29) is 19.5 Å². The normalized spacial score (nSPS) is 8.12. The first-order valence-electron chi connectivity index (χ1n) is 2.47. The van der Waals surface area contributed by atoms with Gasteiger partial charge in [-0.3, -0.25) is 0 Å². The number of H-pyrrole nitrogens is 1. The second-order valence-electron chi connectivity index (χ2n) is 1.48. The molecule has 1 heterocycles. The number of aromatic nitrogens is 1.